The Morgan fingerprint density at radius 3 is 2.00 bits per heavy atom. The maximum Gasteiger partial charge on any atom is 0.306 e. The third-order valence-electron chi connectivity index (χ3n) is 3.39. The molecule has 124 valence electrons. The van der Waals surface area contributed by atoms with Gasteiger partial charge in [0.15, 0.2) is 0 Å². The van der Waals surface area contributed by atoms with Crippen LogP contribution < -0.4 is 5.32 Å². The van der Waals surface area contributed by atoms with Crippen LogP contribution in [0.3, 0.4) is 0 Å². The van der Waals surface area contributed by atoms with Gasteiger partial charge in [-0.25, -0.2) is 0 Å². The predicted molar refractivity (Wildman–Crippen MR) is 94.7 cm³/mol. The van der Waals surface area contributed by atoms with Gasteiger partial charge in [-0.15, -0.1) is 0 Å². The largest absolute Gasteiger partial charge is 0.469 e. The zero-order chi connectivity index (χ0) is 16.8. The molecule has 0 aliphatic rings. The number of esters is 1. The van der Waals surface area contributed by atoms with Crippen LogP contribution in [-0.4, -0.2) is 25.2 Å². The summed E-state index contributed by atoms with van der Waals surface area (Å²) in [7, 11) is 1.42. The summed E-state index contributed by atoms with van der Waals surface area (Å²) in [5, 5.41) is 3.51. The molecule has 1 N–H and O–H groups in total. The van der Waals surface area contributed by atoms with E-state index in [2.05, 4.69) is 41.8 Å². The fraction of sp³-hybridized carbons (Fsp3) is 0.526. The first-order valence-electron chi connectivity index (χ1n) is 7.92. The van der Waals surface area contributed by atoms with Crippen molar-refractivity contribution in [1.29, 1.82) is 0 Å². The van der Waals surface area contributed by atoms with E-state index in [0.29, 0.717) is 18.9 Å². The number of carbonyl (C=O) groups excluding carboxylic acids is 1. The molecule has 0 aliphatic heterocycles. The van der Waals surface area contributed by atoms with Crippen molar-refractivity contribution in [3.8, 4) is 0 Å². The molecule has 3 nitrogen and oxygen atoms in total. The molecule has 0 spiro atoms. The number of nitrogens with one attached hydrogen (secondary N) is 1. The Kier molecular flexibility index (Phi) is 11.1. The quantitative estimate of drug-likeness (QED) is 0.486. The van der Waals surface area contributed by atoms with Crippen molar-refractivity contribution in [3.05, 3.63) is 48.6 Å². The van der Waals surface area contributed by atoms with E-state index in [1.807, 2.05) is 39.8 Å². The first-order valence-corrected chi connectivity index (χ1v) is 7.92. The fourth-order valence-corrected chi connectivity index (χ4v) is 2.56. The average molecular weight is 305 g/mol. The minimum Gasteiger partial charge on any atom is -0.469 e. The first-order chi connectivity index (χ1) is 10.6. The van der Waals surface area contributed by atoms with Crippen LogP contribution >= 0.6 is 0 Å². The SMILES string of the molecule is CC=CC(C=CC)CC(C=CC)(C=CC)NCCC(=O)OC. The summed E-state index contributed by atoms with van der Waals surface area (Å²) >= 11 is 0. The number of rotatable bonds is 10. The summed E-state index contributed by atoms with van der Waals surface area (Å²) in [5.41, 5.74) is -0.263. The van der Waals surface area contributed by atoms with Gasteiger partial charge in [0, 0.05) is 6.54 Å². The molecule has 0 aromatic heterocycles. The van der Waals surface area contributed by atoms with Crippen molar-refractivity contribution >= 4 is 5.97 Å². The molecule has 0 saturated heterocycles. The lowest BCUT2D eigenvalue weighted by molar-refractivity contribution is -0.140. The number of carbonyl (C=O) groups is 1. The number of ether oxygens (including phenoxy) is 1. The van der Waals surface area contributed by atoms with E-state index in [9.17, 15) is 4.79 Å². The topological polar surface area (TPSA) is 38.3 Å². The molecule has 0 aromatic rings. The van der Waals surface area contributed by atoms with Gasteiger partial charge in [-0.3, -0.25) is 4.79 Å². The average Bonchev–Trinajstić information content (AvgIpc) is 2.48. The van der Waals surface area contributed by atoms with Gasteiger partial charge in [-0.1, -0.05) is 48.6 Å². The van der Waals surface area contributed by atoms with Gasteiger partial charge in [-0.05, 0) is 40.0 Å². The van der Waals surface area contributed by atoms with Gasteiger partial charge in [0.2, 0.25) is 0 Å². The van der Waals surface area contributed by atoms with Gasteiger partial charge in [0.1, 0.15) is 0 Å². The maximum absolute atomic E-state index is 11.3. The lowest BCUT2D eigenvalue weighted by Crippen LogP contribution is -2.44. The minimum absolute atomic E-state index is 0.194. The lowest BCUT2D eigenvalue weighted by atomic mass is 9.85. The first kappa shape index (κ1) is 20.4. The fourth-order valence-electron chi connectivity index (χ4n) is 2.56. The summed E-state index contributed by atoms with van der Waals surface area (Å²) in [6.45, 7) is 8.68. The Bertz CT molecular complexity index is 395. The zero-order valence-corrected chi connectivity index (χ0v) is 14.6. The molecular weight excluding hydrogens is 274 g/mol. The molecule has 22 heavy (non-hydrogen) atoms. The van der Waals surface area contributed by atoms with E-state index in [1.165, 1.54) is 7.11 Å². The van der Waals surface area contributed by atoms with E-state index in [4.69, 9.17) is 4.74 Å². The van der Waals surface area contributed by atoms with E-state index in [0.717, 1.165) is 6.42 Å². The van der Waals surface area contributed by atoms with Crippen LogP contribution in [0.5, 0.6) is 0 Å². The van der Waals surface area contributed by atoms with Crippen LogP contribution in [0.15, 0.2) is 48.6 Å². The summed E-state index contributed by atoms with van der Waals surface area (Å²) in [4.78, 5) is 11.3. The summed E-state index contributed by atoms with van der Waals surface area (Å²) in [5.74, 6) is 0.147. The minimum atomic E-state index is -0.263. The highest BCUT2D eigenvalue weighted by Gasteiger charge is 2.25. The van der Waals surface area contributed by atoms with Crippen LogP contribution in [0.1, 0.15) is 40.5 Å². The van der Waals surface area contributed by atoms with Crippen LogP contribution in [0.2, 0.25) is 0 Å². The molecule has 0 bridgehead atoms. The zero-order valence-electron chi connectivity index (χ0n) is 14.6. The summed E-state index contributed by atoms with van der Waals surface area (Å²) in [6.07, 6.45) is 18.2. The molecule has 0 saturated carbocycles. The molecule has 0 aromatic carbocycles. The summed E-state index contributed by atoms with van der Waals surface area (Å²) in [6, 6.07) is 0. The van der Waals surface area contributed by atoms with Crippen molar-refractivity contribution < 1.29 is 9.53 Å². The van der Waals surface area contributed by atoms with Gasteiger partial charge in [0.25, 0.3) is 0 Å². The molecule has 0 heterocycles. The van der Waals surface area contributed by atoms with E-state index < -0.39 is 0 Å². The number of allylic oxidation sites excluding steroid dienone is 6. The Balaban J connectivity index is 5.16. The van der Waals surface area contributed by atoms with Crippen molar-refractivity contribution in [2.24, 2.45) is 5.92 Å². The van der Waals surface area contributed by atoms with Crippen molar-refractivity contribution in [3.63, 3.8) is 0 Å². The molecule has 0 amide bonds. The normalized spacial score (nSPS) is 16.8. The Morgan fingerprint density at radius 2 is 1.59 bits per heavy atom. The highest BCUT2D eigenvalue weighted by Crippen LogP contribution is 2.23. The maximum atomic E-state index is 11.3. The van der Waals surface area contributed by atoms with Crippen molar-refractivity contribution in [2.45, 2.75) is 46.1 Å². The van der Waals surface area contributed by atoms with Crippen molar-refractivity contribution in [1.82, 2.24) is 5.32 Å². The predicted octanol–water partition coefficient (Wildman–Crippen LogP) is 4.19. The molecule has 0 radical (unpaired) electrons. The van der Waals surface area contributed by atoms with Crippen LogP contribution in [-0.2, 0) is 9.53 Å². The standard InChI is InChI=1S/C19H31NO2/c1-6-10-17(11-7-2)16-19(13-8-3,14-9-4)20-15-12-18(21)22-5/h6-11,13-14,17,20H,12,15-16H2,1-5H3. The Morgan fingerprint density at radius 1 is 1.05 bits per heavy atom. The molecule has 0 fully saturated rings. The highest BCUT2D eigenvalue weighted by molar-refractivity contribution is 5.69. The third-order valence-corrected chi connectivity index (χ3v) is 3.39. The van der Waals surface area contributed by atoms with Gasteiger partial charge < -0.3 is 10.1 Å². The van der Waals surface area contributed by atoms with E-state index >= 15 is 0 Å². The monoisotopic (exact) mass is 305 g/mol. The summed E-state index contributed by atoms with van der Waals surface area (Å²) < 4.78 is 4.71. The molecule has 3 heteroatoms. The number of hydrogen-bond donors (Lipinski definition) is 1. The van der Waals surface area contributed by atoms with Crippen molar-refractivity contribution in [2.75, 3.05) is 13.7 Å². The van der Waals surface area contributed by atoms with Gasteiger partial charge >= 0.3 is 5.97 Å². The third kappa shape index (κ3) is 7.99. The molecule has 0 aliphatic carbocycles. The Labute approximate surface area is 135 Å². The second-order valence-corrected chi connectivity index (χ2v) is 5.21. The van der Waals surface area contributed by atoms with Gasteiger partial charge in [0.05, 0.1) is 19.1 Å². The second-order valence-electron chi connectivity index (χ2n) is 5.21. The second kappa shape index (κ2) is 12.0. The molecule has 0 unspecified atom stereocenters. The number of hydrogen-bond acceptors (Lipinski definition) is 3. The van der Waals surface area contributed by atoms with E-state index in [-0.39, 0.29) is 11.5 Å². The van der Waals surface area contributed by atoms with Gasteiger partial charge in [-0.2, -0.15) is 0 Å². The van der Waals surface area contributed by atoms with Crippen LogP contribution in [0.4, 0.5) is 0 Å². The number of methoxy groups -OCH3 is 1. The van der Waals surface area contributed by atoms with Crippen LogP contribution in [0, 0.1) is 5.92 Å². The molecule has 0 atom stereocenters. The smallest absolute Gasteiger partial charge is 0.306 e. The lowest BCUT2D eigenvalue weighted by Gasteiger charge is -2.31. The molecule has 0 rings (SSSR count). The Hall–Kier alpha value is -1.61. The van der Waals surface area contributed by atoms with Crippen LogP contribution in [0.25, 0.3) is 0 Å². The molecular formula is C19H31NO2. The van der Waals surface area contributed by atoms with E-state index in [1.54, 1.807) is 0 Å². The highest BCUT2D eigenvalue weighted by atomic mass is 16.5.